The molecule has 60 valence electrons. The summed E-state index contributed by atoms with van der Waals surface area (Å²) in [5.41, 5.74) is 0. The van der Waals surface area contributed by atoms with E-state index in [9.17, 15) is 9.59 Å². The summed E-state index contributed by atoms with van der Waals surface area (Å²) in [6, 6.07) is 0. The fourth-order valence-electron chi connectivity index (χ4n) is 2.32. The van der Waals surface area contributed by atoms with Gasteiger partial charge < -0.3 is 0 Å². The summed E-state index contributed by atoms with van der Waals surface area (Å²) in [7, 11) is 0. The average molecular weight is 152 g/mol. The first kappa shape index (κ1) is 7.01. The van der Waals surface area contributed by atoms with Gasteiger partial charge in [-0.2, -0.15) is 0 Å². The van der Waals surface area contributed by atoms with Crippen LogP contribution in [0.2, 0.25) is 0 Å². The molecule has 0 aromatic carbocycles. The first-order valence-electron chi connectivity index (χ1n) is 4.26. The van der Waals surface area contributed by atoms with Gasteiger partial charge in [0, 0.05) is 12.3 Å². The topological polar surface area (TPSA) is 34.1 Å². The van der Waals surface area contributed by atoms with Crippen molar-refractivity contribution in [2.75, 3.05) is 0 Å². The Morgan fingerprint density at radius 1 is 1.27 bits per heavy atom. The van der Waals surface area contributed by atoms with Crippen LogP contribution in [-0.2, 0) is 9.59 Å². The van der Waals surface area contributed by atoms with E-state index in [0.717, 1.165) is 12.8 Å². The average Bonchev–Trinajstić information content (AvgIpc) is 1.99. The van der Waals surface area contributed by atoms with E-state index in [-0.39, 0.29) is 23.4 Å². The second kappa shape index (κ2) is 2.16. The molecule has 0 spiro atoms. The Balaban J connectivity index is 2.30. The molecule has 0 amide bonds. The highest BCUT2D eigenvalue weighted by Crippen LogP contribution is 2.40. The molecular formula is C9H12O2. The summed E-state index contributed by atoms with van der Waals surface area (Å²) in [6.45, 7) is 1.96. The Morgan fingerprint density at radius 2 is 2.00 bits per heavy atom. The molecule has 2 bridgehead atoms. The van der Waals surface area contributed by atoms with Crippen molar-refractivity contribution in [1.82, 2.24) is 0 Å². The maximum atomic E-state index is 11.4. The maximum absolute atomic E-state index is 11.4. The van der Waals surface area contributed by atoms with Crippen LogP contribution in [-0.4, -0.2) is 11.6 Å². The standard InChI is InChI=1S/C9H12O2/c1-5-6-2-3-7(9(5)11)8(10)4-6/h5-7H,2-4H2,1H3. The molecule has 11 heavy (non-hydrogen) atoms. The van der Waals surface area contributed by atoms with Gasteiger partial charge in [0.25, 0.3) is 0 Å². The smallest absolute Gasteiger partial charge is 0.146 e. The van der Waals surface area contributed by atoms with Crippen LogP contribution in [0.3, 0.4) is 0 Å². The number of rotatable bonds is 0. The summed E-state index contributed by atoms with van der Waals surface area (Å²) in [6.07, 6.45) is 2.58. The second-order valence-electron chi connectivity index (χ2n) is 3.75. The molecule has 0 aromatic rings. The Kier molecular flexibility index (Phi) is 1.38. The van der Waals surface area contributed by atoms with Crippen LogP contribution in [0.4, 0.5) is 0 Å². The first-order valence-corrected chi connectivity index (χ1v) is 4.26. The number of hydrogen-bond donors (Lipinski definition) is 0. The fraction of sp³-hybridized carbons (Fsp3) is 0.778. The number of Topliss-reactive ketones (excluding diaryl/α,β-unsaturated/α-hetero) is 2. The highest BCUT2D eigenvalue weighted by Gasteiger charge is 2.44. The minimum atomic E-state index is -0.213. The quantitative estimate of drug-likeness (QED) is 0.488. The van der Waals surface area contributed by atoms with Crippen LogP contribution < -0.4 is 0 Å². The van der Waals surface area contributed by atoms with Crippen molar-refractivity contribution in [2.45, 2.75) is 26.2 Å². The predicted molar refractivity (Wildman–Crippen MR) is 40.0 cm³/mol. The zero-order chi connectivity index (χ0) is 8.01. The van der Waals surface area contributed by atoms with Gasteiger partial charge in [-0.3, -0.25) is 9.59 Å². The van der Waals surface area contributed by atoms with Crippen molar-refractivity contribution in [1.29, 1.82) is 0 Å². The Labute approximate surface area is 66.0 Å². The van der Waals surface area contributed by atoms with E-state index in [2.05, 4.69) is 0 Å². The van der Waals surface area contributed by atoms with E-state index in [4.69, 9.17) is 0 Å². The van der Waals surface area contributed by atoms with Crippen LogP contribution >= 0.6 is 0 Å². The number of carbonyl (C=O) groups excluding carboxylic acids is 2. The fourth-order valence-corrected chi connectivity index (χ4v) is 2.32. The normalized spacial score (nSPS) is 43.2. The zero-order valence-electron chi connectivity index (χ0n) is 6.67. The van der Waals surface area contributed by atoms with Gasteiger partial charge in [0.15, 0.2) is 0 Å². The van der Waals surface area contributed by atoms with Crippen molar-refractivity contribution in [3.8, 4) is 0 Å². The molecule has 3 fully saturated rings. The largest absolute Gasteiger partial charge is 0.299 e. The van der Waals surface area contributed by atoms with Gasteiger partial charge in [0.2, 0.25) is 0 Å². The lowest BCUT2D eigenvalue weighted by molar-refractivity contribution is -0.145. The molecule has 0 aromatic heterocycles. The summed E-state index contributed by atoms with van der Waals surface area (Å²) >= 11 is 0. The number of ketones is 2. The van der Waals surface area contributed by atoms with Gasteiger partial charge in [-0.15, -0.1) is 0 Å². The molecule has 0 saturated heterocycles. The van der Waals surface area contributed by atoms with Gasteiger partial charge in [-0.1, -0.05) is 6.92 Å². The monoisotopic (exact) mass is 152 g/mol. The number of fused-ring (bicyclic) bond motifs is 3. The second-order valence-corrected chi connectivity index (χ2v) is 3.75. The van der Waals surface area contributed by atoms with E-state index in [1.165, 1.54) is 0 Å². The van der Waals surface area contributed by atoms with Crippen LogP contribution in [0.5, 0.6) is 0 Å². The first-order chi connectivity index (χ1) is 5.20. The lowest BCUT2D eigenvalue weighted by Crippen LogP contribution is -2.44. The van der Waals surface area contributed by atoms with E-state index >= 15 is 0 Å². The van der Waals surface area contributed by atoms with Gasteiger partial charge in [0.05, 0.1) is 5.92 Å². The molecule has 0 heterocycles. The van der Waals surface area contributed by atoms with Gasteiger partial charge in [-0.25, -0.2) is 0 Å². The van der Waals surface area contributed by atoms with Crippen molar-refractivity contribution in [3.63, 3.8) is 0 Å². The van der Waals surface area contributed by atoms with Gasteiger partial charge in [0.1, 0.15) is 11.6 Å². The van der Waals surface area contributed by atoms with Crippen molar-refractivity contribution < 1.29 is 9.59 Å². The maximum Gasteiger partial charge on any atom is 0.146 e. The zero-order valence-corrected chi connectivity index (χ0v) is 6.67. The van der Waals surface area contributed by atoms with Crippen LogP contribution in [0, 0.1) is 17.8 Å². The Morgan fingerprint density at radius 3 is 2.45 bits per heavy atom. The third-order valence-electron chi connectivity index (χ3n) is 3.18. The molecule has 3 aliphatic rings. The summed E-state index contributed by atoms with van der Waals surface area (Å²) < 4.78 is 0. The lowest BCUT2D eigenvalue weighted by atomic mass is 9.64. The molecule has 3 aliphatic carbocycles. The lowest BCUT2D eigenvalue weighted by Gasteiger charge is -2.37. The summed E-state index contributed by atoms with van der Waals surface area (Å²) in [4.78, 5) is 22.6. The van der Waals surface area contributed by atoms with Crippen molar-refractivity contribution >= 4 is 11.6 Å². The molecule has 2 heteroatoms. The molecule has 0 radical (unpaired) electrons. The SMILES string of the molecule is CC1C(=O)C2CCC1CC2=O. The molecule has 3 rings (SSSR count). The molecule has 0 N–H and O–H groups in total. The Bertz CT molecular complexity index is 220. The predicted octanol–water partition coefficient (Wildman–Crippen LogP) is 1.19. The molecular weight excluding hydrogens is 140 g/mol. The van der Waals surface area contributed by atoms with Crippen molar-refractivity contribution in [2.24, 2.45) is 17.8 Å². The Hall–Kier alpha value is -0.660. The van der Waals surface area contributed by atoms with Gasteiger partial charge in [-0.05, 0) is 18.8 Å². The number of carbonyl (C=O) groups is 2. The van der Waals surface area contributed by atoms with Crippen LogP contribution in [0.25, 0.3) is 0 Å². The third-order valence-corrected chi connectivity index (χ3v) is 3.18. The molecule has 0 aliphatic heterocycles. The number of hydrogen-bond acceptors (Lipinski definition) is 2. The molecule has 3 unspecified atom stereocenters. The molecule has 3 saturated carbocycles. The van der Waals surface area contributed by atoms with E-state index in [0.29, 0.717) is 12.3 Å². The summed E-state index contributed by atoms with van der Waals surface area (Å²) in [5.74, 6) is 0.725. The van der Waals surface area contributed by atoms with E-state index < -0.39 is 0 Å². The molecule has 2 nitrogen and oxygen atoms in total. The van der Waals surface area contributed by atoms with E-state index in [1.54, 1.807) is 0 Å². The highest BCUT2D eigenvalue weighted by molar-refractivity contribution is 6.06. The van der Waals surface area contributed by atoms with Crippen LogP contribution in [0.1, 0.15) is 26.2 Å². The van der Waals surface area contributed by atoms with Crippen LogP contribution in [0.15, 0.2) is 0 Å². The third kappa shape index (κ3) is 0.849. The van der Waals surface area contributed by atoms with E-state index in [1.807, 2.05) is 6.92 Å². The van der Waals surface area contributed by atoms with Crippen molar-refractivity contribution in [3.05, 3.63) is 0 Å². The van der Waals surface area contributed by atoms with Gasteiger partial charge >= 0.3 is 0 Å². The highest BCUT2D eigenvalue weighted by atomic mass is 16.2. The molecule has 3 atom stereocenters. The summed E-state index contributed by atoms with van der Waals surface area (Å²) in [5, 5.41) is 0. The minimum absolute atomic E-state index is 0.159. The minimum Gasteiger partial charge on any atom is -0.299 e.